The number of ether oxygens (including phenoxy) is 1. The third-order valence-electron chi connectivity index (χ3n) is 6.69. The molecule has 0 aliphatic rings. The molecule has 0 aliphatic heterocycles. The maximum Gasteiger partial charge on any atom is 0.340 e. The van der Waals surface area contributed by atoms with Crippen LogP contribution in [0.15, 0.2) is 118 Å². The number of aryl methyl sites for hydroxylation is 1. The normalized spacial score (nSPS) is 10.9. The average Bonchev–Trinajstić information content (AvgIpc) is 3.00. The molecule has 0 radical (unpaired) electrons. The van der Waals surface area contributed by atoms with Crippen LogP contribution in [0.1, 0.15) is 27.8 Å². The standard InChI is InChI=1S/C33H22F2N4O3/c1-20-25(32(40)42-27-19-24(18-26(34)28(20)27)41-33-37-14-8-15-38-33)17-23-13-16-36-31(29(23)35)39-30(21-9-4-2-5-10-21)22-11-6-3-7-12-22/h2-16,18-19H,17H2,1H3. The first-order valence-electron chi connectivity index (χ1n) is 13.0. The third kappa shape index (κ3) is 5.40. The Morgan fingerprint density at radius 3 is 2.19 bits per heavy atom. The highest BCUT2D eigenvalue weighted by Gasteiger charge is 2.20. The molecule has 3 heterocycles. The molecule has 0 bridgehead atoms. The molecule has 7 nitrogen and oxygen atoms in total. The summed E-state index contributed by atoms with van der Waals surface area (Å²) in [5.74, 6) is -1.42. The summed E-state index contributed by atoms with van der Waals surface area (Å²) in [6, 6.07) is 24.5. The second-order valence-electron chi connectivity index (χ2n) is 9.38. The second kappa shape index (κ2) is 11.5. The van der Waals surface area contributed by atoms with E-state index in [2.05, 4.69) is 19.9 Å². The molecule has 0 spiro atoms. The highest BCUT2D eigenvalue weighted by Crippen LogP contribution is 2.31. The van der Waals surface area contributed by atoms with Gasteiger partial charge in [0.15, 0.2) is 11.6 Å². The zero-order valence-electron chi connectivity index (χ0n) is 22.3. The van der Waals surface area contributed by atoms with Crippen molar-refractivity contribution < 1.29 is 17.9 Å². The molecule has 42 heavy (non-hydrogen) atoms. The topological polar surface area (TPSA) is 90.5 Å². The van der Waals surface area contributed by atoms with Crippen molar-refractivity contribution in [2.45, 2.75) is 13.3 Å². The quantitative estimate of drug-likeness (QED) is 0.153. The molecule has 206 valence electrons. The summed E-state index contributed by atoms with van der Waals surface area (Å²) < 4.78 is 42.1. The maximum atomic E-state index is 15.9. The highest BCUT2D eigenvalue weighted by atomic mass is 19.1. The summed E-state index contributed by atoms with van der Waals surface area (Å²) in [6.45, 7) is 1.60. The first-order chi connectivity index (χ1) is 20.5. The summed E-state index contributed by atoms with van der Waals surface area (Å²) in [5.41, 5.74) is 2.01. The predicted octanol–water partition coefficient (Wildman–Crippen LogP) is 7.12. The number of nitrogens with zero attached hydrogens (tertiary/aromatic N) is 4. The van der Waals surface area contributed by atoms with E-state index in [1.165, 1.54) is 30.7 Å². The smallest absolute Gasteiger partial charge is 0.340 e. The lowest BCUT2D eigenvalue weighted by Crippen LogP contribution is -2.12. The summed E-state index contributed by atoms with van der Waals surface area (Å²) in [5, 5.41) is 0.0917. The molecule has 0 aliphatic carbocycles. The number of fused-ring (bicyclic) bond motifs is 1. The molecule has 6 aromatic rings. The van der Waals surface area contributed by atoms with E-state index in [9.17, 15) is 4.79 Å². The first kappa shape index (κ1) is 26.6. The molecule has 0 N–H and O–H groups in total. The SMILES string of the molecule is Cc1c(Cc2ccnc(N=C(c3ccccc3)c3ccccc3)c2F)c(=O)oc2cc(Oc3ncccn3)cc(F)c12. The number of hydrogen-bond acceptors (Lipinski definition) is 7. The van der Waals surface area contributed by atoms with Crippen LogP contribution in [0.5, 0.6) is 11.8 Å². The Morgan fingerprint density at radius 1 is 0.857 bits per heavy atom. The van der Waals surface area contributed by atoms with Gasteiger partial charge in [-0.25, -0.2) is 33.5 Å². The fraction of sp³-hybridized carbons (Fsp3) is 0.0606. The summed E-state index contributed by atoms with van der Waals surface area (Å²) in [7, 11) is 0. The summed E-state index contributed by atoms with van der Waals surface area (Å²) in [4.78, 5) is 29.7. The Bertz CT molecular complexity index is 1940. The minimum atomic E-state index is -0.719. The van der Waals surface area contributed by atoms with Gasteiger partial charge in [-0.15, -0.1) is 0 Å². The molecule has 0 unspecified atom stereocenters. The van der Waals surface area contributed by atoms with E-state index in [0.29, 0.717) is 11.3 Å². The van der Waals surface area contributed by atoms with Gasteiger partial charge in [0.05, 0.1) is 11.1 Å². The monoisotopic (exact) mass is 560 g/mol. The van der Waals surface area contributed by atoms with Crippen LogP contribution in [0.25, 0.3) is 11.0 Å². The Hall–Kier alpha value is -5.57. The van der Waals surface area contributed by atoms with Crippen molar-refractivity contribution in [2.24, 2.45) is 4.99 Å². The number of rotatable bonds is 7. The Balaban J connectivity index is 1.38. The van der Waals surface area contributed by atoms with Crippen LogP contribution < -0.4 is 10.4 Å². The zero-order valence-corrected chi connectivity index (χ0v) is 22.3. The van der Waals surface area contributed by atoms with Crippen LogP contribution >= 0.6 is 0 Å². The minimum absolute atomic E-state index is 0.0111. The van der Waals surface area contributed by atoms with Crippen LogP contribution in [-0.4, -0.2) is 20.7 Å². The molecule has 0 amide bonds. The molecule has 0 atom stereocenters. The molecule has 0 saturated carbocycles. The van der Waals surface area contributed by atoms with E-state index in [0.717, 1.165) is 17.2 Å². The molecule has 3 aromatic carbocycles. The number of pyridine rings is 1. The fourth-order valence-electron chi connectivity index (χ4n) is 4.64. The van der Waals surface area contributed by atoms with Crippen molar-refractivity contribution in [3.05, 3.63) is 153 Å². The summed E-state index contributed by atoms with van der Waals surface area (Å²) >= 11 is 0. The van der Waals surface area contributed by atoms with Gasteiger partial charge in [0.25, 0.3) is 0 Å². The number of aliphatic imine (C=N–C) groups is 1. The van der Waals surface area contributed by atoms with Gasteiger partial charge in [0.2, 0.25) is 0 Å². The number of benzene rings is 3. The van der Waals surface area contributed by atoms with E-state index >= 15 is 8.78 Å². The van der Waals surface area contributed by atoms with E-state index in [-0.39, 0.29) is 46.1 Å². The van der Waals surface area contributed by atoms with E-state index in [1.54, 1.807) is 13.0 Å². The van der Waals surface area contributed by atoms with Crippen molar-refractivity contribution in [3.63, 3.8) is 0 Å². The minimum Gasteiger partial charge on any atom is -0.424 e. The van der Waals surface area contributed by atoms with Gasteiger partial charge in [-0.05, 0) is 30.2 Å². The fourth-order valence-corrected chi connectivity index (χ4v) is 4.64. The molecule has 3 aromatic heterocycles. The zero-order chi connectivity index (χ0) is 29.1. The molecule has 0 fully saturated rings. The number of halogens is 2. The molecule has 0 saturated heterocycles. The third-order valence-corrected chi connectivity index (χ3v) is 6.69. The number of hydrogen-bond donors (Lipinski definition) is 0. The van der Waals surface area contributed by atoms with E-state index in [1.807, 2.05) is 60.7 Å². The van der Waals surface area contributed by atoms with Crippen LogP contribution in [0.2, 0.25) is 0 Å². The van der Waals surface area contributed by atoms with Crippen LogP contribution in [-0.2, 0) is 6.42 Å². The van der Waals surface area contributed by atoms with Gasteiger partial charge in [-0.1, -0.05) is 60.7 Å². The molecule has 6 rings (SSSR count). The van der Waals surface area contributed by atoms with Crippen molar-refractivity contribution in [1.82, 2.24) is 15.0 Å². The largest absolute Gasteiger partial charge is 0.424 e. The van der Waals surface area contributed by atoms with Gasteiger partial charge in [0, 0.05) is 53.8 Å². The van der Waals surface area contributed by atoms with Crippen LogP contribution in [0, 0.1) is 18.6 Å². The van der Waals surface area contributed by atoms with Crippen molar-refractivity contribution in [1.29, 1.82) is 0 Å². The van der Waals surface area contributed by atoms with Gasteiger partial charge in [-0.3, -0.25) is 0 Å². The second-order valence-corrected chi connectivity index (χ2v) is 9.38. The maximum absolute atomic E-state index is 15.9. The lowest BCUT2D eigenvalue weighted by atomic mass is 9.99. The van der Waals surface area contributed by atoms with E-state index < -0.39 is 17.3 Å². The van der Waals surface area contributed by atoms with Crippen molar-refractivity contribution in [3.8, 4) is 11.8 Å². The van der Waals surface area contributed by atoms with E-state index in [4.69, 9.17) is 9.15 Å². The Labute approximate surface area is 238 Å². The molecular formula is C33H22F2N4O3. The predicted molar refractivity (Wildman–Crippen MR) is 154 cm³/mol. The van der Waals surface area contributed by atoms with Crippen molar-refractivity contribution in [2.75, 3.05) is 0 Å². The Kier molecular flexibility index (Phi) is 7.30. The Morgan fingerprint density at radius 2 is 1.52 bits per heavy atom. The first-order valence-corrected chi connectivity index (χ1v) is 13.0. The average molecular weight is 561 g/mol. The van der Waals surface area contributed by atoms with Gasteiger partial charge < -0.3 is 9.15 Å². The lowest BCUT2D eigenvalue weighted by molar-refractivity contribution is 0.436. The molecule has 9 heteroatoms. The van der Waals surface area contributed by atoms with Crippen LogP contribution in [0.4, 0.5) is 14.6 Å². The van der Waals surface area contributed by atoms with Gasteiger partial charge in [0.1, 0.15) is 17.1 Å². The lowest BCUT2D eigenvalue weighted by Gasteiger charge is -2.12. The van der Waals surface area contributed by atoms with Crippen molar-refractivity contribution >= 4 is 22.5 Å². The van der Waals surface area contributed by atoms with Crippen LogP contribution in [0.3, 0.4) is 0 Å². The van der Waals surface area contributed by atoms with Gasteiger partial charge >= 0.3 is 11.6 Å². The summed E-state index contributed by atoms with van der Waals surface area (Å²) in [6.07, 6.45) is 4.24. The highest BCUT2D eigenvalue weighted by molar-refractivity contribution is 6.13. The molecular weight excluding hydrogens is 538 g/mol. The van der Waals surface area contributed by atoms with Gasteiger partial charge in [-0.2, -0.15) is 0 Å². The number of aromatic nitrogens is 3.